The average molecular weight is 258 g/mol. The van der Waals surface area contributed by atoms with Crippen molar-refractivity contribution in [2.24, 2.45) is 0 Å². The highest BCUT2D eigenvalue weighted by molar-refractivity contribution is 9.10. The fourth-order valence-corrected chi connectivity index (χ4v) is 1.65. The van der Waals surface area contributed by atoms with E-state index >= 15 is 0 Å². The van der Waals surface area contributed by atoms with Gasteiger partial charge in [0.25, 0.3) is 0 Å². The molecule has 0 saturated carbocycles. The molecule has 2 aromatic rings. The molecule has 4 heteroatoms. The van der Waals surface area contributed by atoms with Crippen LogP contribution in [0.5, 0.6) is 0 Å². The van der Waals surface area contributed by atoms with Crippen LogP contribution >= 0.6 is 27.5 Å². The molecule has 1 aromatic carbocycles. The molecule has 0 N–H and O–H groups in total. The normalized spacial score (nSPS) is 10.3. The number of aromatic nitrogens is 2. The van der Waals surface area contributed by atoms with Gasteiger partial charge in [-0.1, -0.05) is 27.5 Å². The van der Waals surface area contributed by atoms with E-state index in [1.54, 1.807) is 12.5 Å². The van der Waals surface area contributed by atoms with Gasteiger partial charge in [0.05, 0.1) is 17.0 Å². The fourth-order valence-electron chi connectivity index (χ4n) is 1.09. The first-order valence-electron chi connectivity index (χ1n) is 3.71. The quantitative estimate of drug-likeness (QED) is 0.766. The molecule has 0 radical (unpaired) electrons. The fraction of sp³-hybridized carbons (Fsp3) is 0. The van der Waals surface area contributed by atoms with E-state index in [9.17, 15) is 0 Å². The molecular weight excluding hydrogens is 251 g/mol. The van der Waals surface area contributed by atoms with E-state index in [0.717, 1.165) is 10.2 Å². The highest BCUT2D eigenvalue weighted by atomic mass is 79.9. The molecule has 13 heavy (non-hydrogen) atoms. The van der Waals surface area contributed by atoms with Crippen molar-refractivity contribution in [3.8, 4) is 5.69 Å². The SMILES string of the molecule is Clc1ccc(Br)cc1-n1ccnc1. The van der Waals surface area contributed by atoms with Crippen LogP contribution in [0.3, 0.4) is 0 Å². The molecule has 0 bridgehead atoms. The molecule has 0 aliphatic rings. The van der Waals surface area contributed by atoms with Gasteiger partial charge in [-0.25, -0.2) is 4.98 Å². The Labute approximate surface area is 89.3 Å². The van der Waals surface area contributed by atoms with Gasteiger partial charge in [-0.2, -0.15) is 0 Å². The van der Waals surface area contributed by atoms with Crippen LogP contribution in [0.2, 0.25) is 5.02 Å². The van der Waals surface area contributed by atoms with E-state index in [-0.39, 0.29) is 0 Å². The summed E-state index contributed by atoms with van der Waals surface area (Å²) in [5.74, 6) is 0. The molecule has 1 heterocycles. The Morgan fingerprint density at radius 3 is 2.92 bits per heavy atom. The Morgan fingerprint density at radius 1 is 1.38 bits per heavy atom. The van der Waals surface area contributed by atoms with Crippen molar-refractivity contribution >= 4 is 27.5 Å². The first-order valence-corrected chi connectivity index (χ1v) is 4.88. The second kappa shape index (κ2) is 3.52. The Balaban J connectivity index is 2.57. The molecule has 0 unspecified atom stereocenters. The molecule has 1 aromatic heterocycles. The molecule has 0 aliphatic carbocycles. The minimum absolute atomic E-state index is 0.709. The van der Waals surface area contributed by atoms with E-state index in [4.69, 9.17) is 11.6 Å². The third kappa shape index (κ3) is 1.76. The van der Waals surface area contributed by atoms with Crippen molar-refractivity contribution in [1.29, 1.82) is 0 Å². The molecule has 0 atom stereocenters. The lowest BCUT2D eigenvalue weighted by molar-refractivity contribution is 1.06. The average Bonchev–Trinajstić information content (AvgIpc) is 2.61. The van der Waals surface area contributed by atoms with E-state index in [1.165, 1.54) is 0 Å². The molecule has 0 spiro atoms. The van der Waals surface area contributed by atoms with Gasteiger partial charge < -0.3 is 4.57 Å². The molecule has 0 amide bonds. The molecule has 2 rings (SSSR count). The van der Waals surface area contributed by atoms with Crippen LogP contribution in [0.25, 0.3) is 5.69 Å². The molecule has 0 fully saturated rings. The number of hydrogen-bond acceptors (Lipinski definition) is 1. The van der Waals surface area contributed by atoms with Gasteiger partial charge in [0.15, 0.2) is 0 Å². The Bertz CT molecular complexity index is 412. The number of rotatable bonds is 1. The Hall–Kier alpha value is -0.800. The first kappa shape index (κ1) is 8.78. The van der Waals surface area contributed by atoms with E-state index in [1.807, 2.05) is 29.0 Å². The lowest BCUT2D eigenvalue weighted by Crippen LogP contribution is -1.90. The summed E-state index contributed by atoms with van der Waals surface area (Å²) in [5.41, 5.74) is 0.925. The van der Waals surface area contributed by atoms with E-state index in [0.29, 0.717) is 5.02 Å². The largest absolute Gasteiger partial charge is 0.305 e. The molecule has 2 nitrogen and oxygen atoms in total. The van der Waals surface area contributed by atoms with Crippen LogP contribution in [0.4, 0.5) is 0 Å². The van der Waals surface area contributed by atoms with E-state index < -0.39 is 0 Å². The molecule has 66 valence electrons. The minimum atomic E-state index is 0.709. The smallest absolute Gasteiger partial charge is 0.0992 e. The summed E-state index contributed by atoms with van der Waals surface area (Å²) < 4.78 is 2.87. The zero-order valence-electron chi connectivity index (χ0n) is 6.61. The van der Waals surface area contributed by atoms with Crippen molar-refractivity contribution in [3.63, 3.8) is 0 Å². The zero-order chi connectivity index (χ0) is 9.26. The summed E-state index contributed by atoms with van der Waals surface area (Å²) >= 11 is 9.41. The number of nitrogens with zero attached hydrogens (tertiary/aromatic N) is 2. The van der Waals surface area contributed by atoms with Gasteiger partial charge in [-0.3, -0.25) is 0 Å². The van der Waals surface area contributed by atoms with Gasteiger partial charge in [0, 0.05) is 16.9 Å². The summed E-state index contributed by atoms with van der Waals surface area (Å²) in [6.07, 6.45) is 5.29. The van der Waals surface area contributed by atoms with Crippen molar-refractivity contribution in [3.05, 3.63) is 46.4 Å². The van der Waals surface area contributed by atoms with Gasteiger partial charge in [0.2, 0.25) is 0 Å². The second-order valence-electron chi connectivity index (χ2n) is 2.57. The van der Waals surface area contributed by atoms with Crippen molar-refractivity contribution in [2.75, 3.05) is 0 Å². The molecular formula is C9H6BrClN2. The van der Waals surface area contributed by atoms with Crippen molar-refractivity contribution < 1.29 is 0 Å². The predicted molar refractivity (Wildman–Crippen MR) is 56.3 cm³/mol. The lowest BCUT2D eigenvalue weighted by Gasteiger charge is -2.04. The van der Waals surface area contributed by atoms with Crippen LogP contribution in [0.1, 0.15) is 0 Å². The van der Waals surface area contributed by atoms with E-state index in [2.05, 4.69) is 20.9 Å². The topological polar surface area (TPSA) is 17.8 Å². The third-order valence-corrected chi connectivity index (χ3v) is 2.50. The maximum absolute atomic E-state index is 6.02. The summed E-state index contributed by atoms with van der Waals surface area (Å²) in [7, 11) is 0. The summed E-state index contributed by atoms with van der Waals surface area (Å²) in [6, 6.07) is 5.70. The van der Waals surface area contributed by atoms with Crippen LogP contribution in [-0.4, -0.2) is 9.55 Å². The van der Waals surface area contributed by atoms with Gasteiger partial charge in [-0.15, -0.1) is 0 Å². The number of halogens is 2. The predicted octanol–water partition coefficient (Wildman–Crippen LogP) is 3.29. The van der Waals surface area contributed by atoms with Crippen molar-refractivity contribution in [2.45, 2.75) is 0 Å². The maximum atomic E-state index is 6.02. The summed E-state index contributed by atoms with van der Waals surface area (Å²) in [4.78, 5) is 3.96. The lowest BCUT2D eigenvalue weighted by atomic mass is 10.3. The van der Waals surface area contributed by atoms with Gasteiger partial charge in [-0.05, 0) is 18.2 Å². The van der Waals surface area contributed by atoms with Crippen LogP contribution in [0.15, 0.2) is 41.4 Å². The zero-order valence-corrected chi connectivity index (χ0v) is 8.96. The standard InChI is InChI=1S/C9H6BrClN2/c10-7-1-2-8(11)9(5-7)13-4-3-12-6-13/h1-6H. The maximum Gasteiger partial charge on any atom is 0.0992 e. The first-order chi connectivity index (χ1) is 6.27. The Morgan fingerprint density at radius 2 is 2.23 bits per heavy atom. The molecule has 0 saturated heterocycles. The third-order valence-electron chi connectivity index (χ3n) is 1.69. The van der Waals surface area contributed by atoms with Gasteiger partial charge in [0.1, 0.15) is 0 Å². The highest BCUT2D eigenvalue weighted by Gasteiger charge is 2.01. The van der Waals surface area contributed by atoms with Crippen LogP contribution in [0, 0.1) is 0 Å². The monoisotopic (exact) mass is 256 g/mol. The van der Waals surface area contributed by atoms with Crippen LogP contribution in [-0.2, 0) is 0 Å². The van der Waals surface area contributed by atoms with Crippen molar-refractivity contribution in [1.82, 2.24) is 9.55 Å². The Kier molecular flexibility index (Phi) is 2.38. The number of benzene rings is 1. The minimum Gasteiger partial charge on any atom is -0.305 e. The van der Waals surface area contributed by atoms with Gasteiger partial charge >= 0.3 is 0 Å². The molecule has 0 aliphatic heterocycles. The number of imidazole rings is 1. The number of hydrogen-bond donors (Lipinski definition) is 0. The second-order valence-corrected chi connectivity index (χ2v) is 3.89. The van der Waals surface area contributed by atoms with Crippen LogP contribution < -0.4 is 0 Å². The highest BCUT2D eigenvalue weighted by Crippen LogP contribution is 2.23. The summed E-state index contributed by atoms with van der Waals surface area (Å²) in [6.45, 7) is 0. The summed E-state index contributed by atoms with van der Waals surface area (Å²) in [5, 5.41) is 0.709.